The van der Waals surface area contributed by atoms with Gasteiger partial charge >= 0.3 is 0 Å². The van der Waals surface area contributed by atoms with Gasteiger partial charge in [-0.05, 0) is 13.0 Å². The van der Waals surface area contributed by atoms with Crippen molar-refractivity contribution in [1.82, 2.24) is 5.32 Å². The summed E-state index contributed by atoms with van der Waals surface area (Å²) in [6.45, 7) is 3.33. The van der Waals surface area contributed by atoms with Crippen LogP contribution in [0.2, 0.25) is 0 Å². The number of rotatable bonds is 2. The number of hydrogen-bond donors (Lipinski definition) is 1. The molecule has 1 fully saturated rings. The third-order valence-corrected chi connectivity index (χ3v) is 3.87. The van der Waals surface area contributed by atoms with Gasteiger partial charge in [-0.1, -0.05) is 6.92 Å². The number of nitrogens with zero attached hydrogens (tertiary/aromatic N) is 1. The van der Waals surface area contributed by atoms with Crippen LogP contribution in [0.3, 0.4) is 0 Å². The van der Waals surface area contributed by atoms with Gasteiger partial charge in [0.1, 0.15) is 0 Å². The molecule has 0 aromatic heterocycles. The van der Waals surface area contributed by atoms with E-state index in [2.05, 4.69) is 9.68 Å². The van der Waals surface area contributed by atoms with E-state index in [0.29, 0.717) is 12.3 Å². The van der Waals surface area contributed by atoms with E-state index in [-0.39, 0.29) is 11.8 Å². The summed E-state index contributed by atoms with van der Waals surface area (Å²) in [6, 6.07) is 0. The summed E-state index contributed by atoms with van der Waals surface area (Å²) in [7, 11) is -2.26. The van der Waals surface area contributed by atoms with Crippen molar-refractivity contribution in [2.75, 3.05) is 25.1 Å². The first-order valence-electron chi connectivity index (χ1n) is 4.49. The molecule has 2 atom stereocenters. The summed E-state index contributed by atoms with van der Waals surface area (Å²) in [5.41, 5.74) is 0. The maximum atomic E-state index is 11.5. The highest BCUT2D eigenvalue weighted by Crippen LogP contribution is 2.10. The van der Waals surface area contributed by atoms with Crippen LogP contribution in [0.25, 0.3) is 0 Å². The van der Waals surface area contributed by atoms with E-state index in [4.69, 9.17) is 0 Å². The molecule has 0 aromatic carbocycles. The first-order chi connectivity index (χ1) is 6.05. The molecule has 1 N–H and O–H groups in total. The molecule has 0 aromatic rings. The van der Waals surface area contributed by atoms with Crippen LogP contribution in [0.1, 0.15) is 13.3 Å². The second kappa shape index (κ2) is 4.19. The lowest BCUT2D eigenvalue weighted by Crippen LogP contribution is -2.17. The van der Waals surface area contributed by atoms with E-state index in [0.717, 1.165) is 13.0 Å². The normalized spacial score (nSPS) is 26.8. The minimum Gasteiger partial charge on any atom is -0.316 e. The molecule has 0 saturated carbocycles. The predicted octanol–water partition coefficient (Wildman–Crippen LogP) is 0.240. The van der Waals surface area contributed by atoms with Crippen LogP contribution in [-0.2, 0) is 14.5 Å². The number of nitrogens with one attached hydrogen (secondary N) is 1. The maximum Gasteiger partial charge on any atom is 0.258 e. The molecule has 5 heteroatoms. The highest BCUT2D eigenvalue weighted by atomic mass is 32.2. The molecule has 1 aliphatic rings. The molecular weight excluding hydrogens is 188 g/mol. The fourth-order valence-electron chi connectivity index (χ4n) is 1.19. The zero-order valence-electron chi connectivity index (χ0n) is 8.08. The fraction of sp³-hybridized carbons (Fsp3) is 0.875. The average molecular weight is 204 g/mol. The monoisotopic (exact) mass is 204 g/mol. The Morgan fingerprint density at radius 3 is 2.85 bits per heavy atom. The Labute approximate surface area is 79.3 Å². The van der Waals surface area contributed by atoms with Crippen molar-refractivity contribution in [3.05, 3.63) is 0 Å². The van der Waals surface area contributed by atoms with Crippen LogP contribution in [-0.4, -0.2) is 35.2 Å². The lowest BCUT2D eigenvalue weighted by atomic mass is 10.1. The van der Waals surface area contributed by atoms with Gasteiger partial charge in [0.25, 0.3) is 5.91 Å². The molecule has 0 spiro atoms. The topological polar surface area (TPSA) is 58.5 Å². The van der Waals surface area contributed by atoms with E-state index in [1.165, 1.54) is 6.26 Å². The highest BCUT2D eigenvalue weighted by molar-refractivity contribution is 7.93. The van der Waals surface area contributed by atoms with Crippen LogP contribution >= 0.6 is 0 Å². The van der Waals surface area contributed by atoms with Gasteiger partial charge in [-0.25, -0.2) is 4.21 Å². The Hall–Kier alpha value is -0.420. The summed E-state index contributed by atoms with van der Waals surface area (Å²) in [5.74, 6) is 0.200. The number of carbonyl (C=O) groups is 1. The minimum absolute atomic E-state index is 0.0488. The Morgan fingerprint density at radius 2 is 2.38 bits per heavy atom. The molecule has 1 amide bonds. The van der Waals surface area contributed by atoms with E-state index >= 15 is 0 Å². The van der Waals surface area contributed by atoms with Gasteiger partial charge in [-0.3, -0.25) is 4.79 Å². The van der Waals surface area contributed by atoms with E-state index in [1.807, 2.05) is 0 Å². The second-order valence-electron chi connectivity index (χ2n) is 3.37. The Kier molecular flexibility index (Phi) is 3.44. The first kappa shape index (κ1) is 10.7. The molecule has 76 valence electrons. The third-order valence-electron chi connectivity index (χ3n) is 2.23. The zero-order chi connectivity index (χ0) is 9.90. The third kappa shape index (κ3) is 3.08. The summed E-state index contributed by atoms with van der Waals surface area (Å²) in [4.78, 5) is 11.4. The van der Waals surface area contributed by atoms with Crippen LogP contribution in [0.5, 0.6) is 0 Å². The number of carbonyl (C=O) groups excluding carboxylic acids is 1. The van der Waals surface area contributed by atoms with Crippen molar-refractivity contribution in [2.24, 2.45) is 10.3 Å². The molecule has 0 radical (unpaired) electrons. The van der Waals surface area contributed by atoms with Gasteiger partial charge in [0.15, 0.2) is 0 Å². The molecule has 4 nitrogen and oxygen atoms in total. The van der Waals surface area contributed by atoms with Gasteiger partial charge in [0.2, 0.25) is 0 Å². The van der Waals surface area contributed by atoms with Crippen molar-refractivity contribution in [3.63, 3.8) is 0 Å². The van der Waals surface area contributed by atoms with E-state index < -0.39 is 9.73 Å². The largest absolute Gasteiger partial charge is 0.316 e. The molecular formula is C8H16N2O2S. The van der Waals surface area contributed by atoms with Crippen molar-refractivity contribution in [2.45, 2.75) is 13.3 Å². The lowest BCUT2D eigenvalue weighted by Gasteiger charge is -2.03. The van der Waals surface area contributed by atoms with Crippen LogP contribution in [0.4, 0.5) is 0 Å². The molecule has 2 unspecified atom stereocenters. The van der Waals surface area contributed by atoms with E-state index in [1.54, 1.807) is 6.92 Å². The van der Waals surface area contributed by atoms with Crippen molar-refractivity contribution >= 4 is 15.6 Å². The molecule has 0 bridgehead atoms. The summed E-state index contributed by atoms with van der Waals surface area (Å²) in [5, 5.41) is 3.08. The second-order valence-corrected chi connectivity index (χ2v) is 6.05. The summed E-state index contributed by atoms with van der Waals surface area (Å²) < 4.78 is 15.3. The van der Waals surface area contributed by atoms with Crippen LogP contribution < -0.4 is 5.32 Å². The molecule has 1 saturated heterocycles. The SMILES string of the molecule is CCS(C)(=O)=NC(=O)C1CCNC1. The Morgan fingerprint density at radius 1 is 1.69 bits per heavy atom. The Balaban J connectivity index is 2.68. The maximum absolute atomic E-state index is 11.5. The van der Waals surface area contributed by atoms with Crippen molar-refractivity contribution in [3.8, 4) is 0 Å². The van der Waals surface area contributed by atoms with Crippen molar-refractivity contribution in [1.29, 1.82) is 0 Å². The van der Waals surface area contributed by atoms with Gasteiger partial charge in [-0.2, -0.15) is 4.36 Å². The smallest absolute Gasteiger partial charge is 0.258 e. The van der Waals surface area contributed by atoms with Crippen LogP contribution in [0, 0.1) is 5.92 Å². The molecule has 1 heterocycles. The van der Waals surface area contributed by atoms with Gasteiger partial charge < -0.3 is 5.32 Å². The summed E-state index contributed by atoms with van der Waals surface area (Å²) >= 11 is 0. The minimum atomic E-state index is -2.26. The average Bonchev–Trinajstić information content (AvgIpc) is 2.55. The van der Waals surface area contributed by atoms with Crippen LogP contribution in [0.15, 0.2) is 4.36 Å². The molecule has 1 rings (SSSR count). The van der Waals surface area contributed by atoms with E-state index in [9.17, 15) is 9.00 Å². The highest BCUT2D eigenvalue weighted by Gasteiger charge is 2.22. The number of hydrogen-bond acceptors (Lipinski definition) is 3. The van der Waals surface area contributed by atoms with Gasteiger partial charge in [0, 0.05) is 18.6 Å². The molecule has 13 heavy (non-hydrogen) atoms. The molecule has 1 aliphatic heterocycles. The standard InChI is InChI=1S/C8H16N2O2S/c1-3-13(2,12)10-8(11)7-4-5-9-6-7/h7,9H,3-6H2,1-2H3. The van der Waals surface area contributed by atoms with Gasteiger partial charge in [-0.15, -0.1) is 0 Å². The van der Waals surface area contributed by atoms with Gasteiger partial charge in [0.05, 0.1) is 15.6 Å². The lowest BCUT2D eigenvalue weighted by molar-refractivity contribution is -0.120. The van der Waals surface area contributed by atoms with Crippen molar-refractivity contribution < 1.29 is 9.00 Å². The Bertz CT molecular complexity index is 299. The first-order valence-corrected chi connectivity index (χ1v) is 6.59. The zero-order valence-corrected chi connectivity index (χ0v) is 8.89. The quantitative estimate of drug-likeness (QED) is 0.701. The molecule has 0 aliphatic carbocycles. The predicted molar refractivity (Wildman–Crippen MR) is 53.0 cm³/mol. The summed E-state index contributed by atoms with van der Waals surface area (Å²) in [6.07, 6.45) is 2.36. The number of amides is 1. The fourth-order valence-corrected chi connectivity index (χ4v) is 1.85.